The van der Waals surface area contributed by atoms with Gasteiger partial charge >= 0.3 is 5.97 Å². The summed E-state index contributed by atoms with van der Waals surface area (Å²) < 4.78 is 0. The lowest BCUT2D eigenvalue weighted by Gasteiger charge is -2.57. The molecule has 0 saturated heterocycles. The third-order valence-electron chi connectivity index (χ3n) is 5.04. The van der Waals surface area contributed by atoms with Gasteiger partial charge in [-0.15, -0.1) is 0 Å². The molecule has 0 aliphatic heterocycles. The number of aliphatic carboxylic acids is 1. The van der Waals surface area contributed by atoms with Crippen molar-refractivity contribution >= 4 is 5.97 Å². The number of carboxylic acid groups (broad SMARTS) is 1. The number of carbonyl (C=O) groups is 1. The molecule has 1 fully saturated rings. The van der Waals surface area contributed by atoms with E-state index in [4.69, 9.17) is 5.73 Å². The molecule has 2 rings (SSSR count). The van der Waals surface area contributed by atoms with Gasteiger partial charge in [0.2, 0.25) is 0 Å². The van der Waals surface area contributed by atoms with Crippen LogP contribution in [0.1, 0.15) is 33.6 Å². The second kappa shape index (κ2) is 4.48. The minimum Gasteiger partial charge on any atom is -0.481 e. The Bertz CT molecular complexity index is 433. The summed E-state index contributed by atoms with van der Waals surface area (Å²) >= 11 is 0. The normalized spacial score (nSPS) is 35.1. The highest BCUT2D eigenvalue weighted by Gasteiger charge is 2.62. The van der Waals surface area contributed by atoms with E-state index in [2.05, 4.69) is 12.7 Å². The van der Waals surface area contributed by atoms with E-state index in [0.29, 0.717) is 18.4 Å². The van der Waals surface area contributed by atoms with Crippen LogP contribution in [0.5, 0.6) is 0 Å². The lowest BCUT2D eigenvalue weighted by atomic mass is 9.46. The second-order valence-electron chi connectivity index (χ2n) is 7.21. The molecule has 1 unspecified atom stereocenters. The van der Waals surface area contributed by atoms with Crippen molar-refractivity contribution < 1.29 is 9.90 Å². The average molecular weight is 263 g/mol. The molecular formula is C16H25NO2. The van der Waals surface area contributed by atoms with Gasteiger partial charge in [0.25, 0.3) is 0 Å². The first kappa shape index (κ1) is 14.3. The lowest BCUT2D eigenvalue weighted by Crippen LogP contribution is -2.59. The first-order valence-electron chi connectivity index (χ1n) is 7.02. The van der Waals surface area contributed by atoms with Crippen LogP contribution in [0.4, 0.5) is 0 Å². The Morgan fingerprint density at radius 1 is 1.68 bits per heavy atom. The fourth-order valence-electron chi connectivity index (χ4n) is 4.44. The molecule has 0 aromatic heterocycles. The number of rotatable bonds is 4. The molecule has 2 aliphatic carbocycles. The molecule has 0 aromatic rings. The smallest absolute Gasteiger partial charge is 0.307 e. The first-order valence-corrected chi connectivity index (χ1v) is 7.02. The van der Waals surface area contributed by atoms with Gasteiger partial charge in [-0.05, 0) is 36.6 Å². The minimum atomic E-state index is -0.711. The van der Waals surface area contributed by atoms with Crippen LogP contribution in [-0.2, 0) is 4.79 Å². The van der Waals surface area contributed by atoms with E-state index in [1.165, 1.54) is 5.57 Å². The summed E-state index contributed by atoms with van der Waals surface area (Å²) in [5.74, 6) is -0.227. The second-order valence-corrected chi connectivity index (χ2v) is 7.21. The molecule has 3 nitrogen and oxygen atoms in total. The SMILES string of the molecule is C=CC1=C[C@@H]2[C@@H](C1)C[C@]2(CN)C(C(=O)O)C(C)(C)C. The highest BCUT2D eigenvalue weighted by molar-refractivity contribution is 5.72. The molecule has 19 heavy (non-hydrogen) atoms. The highest BCUT2D eigenvalue weighted by atomic mass is 16.4. The summed E-state index contributed by atoms with van der Waals surface area (Å²) in [5.41, 5.74) is 6.73. The van der Waals surface area contributed by atoms with Gasteiger partial charge in [-0.2, -0.15) is 0 Å². The van der Waals surface area contributed by atoms with Crippen molar-refractivity contribution in [2.75, 3.05) is 6.54 Å². The standard InChI is InChI=1S/C16H25NO2/c1-5-10-6-11-8-16(9-17,12(11)7-10)13(14(18)19)15(2,3)4/h5,7,11-13H,1,6,8-9,17H2,2-4H3,(H,18,19)/t11-,12+,13?,16+/m0/s1. The van der Waals surface area contributed by atoms with Crippen LogP contribution < -0.4 is 5.73 Å². The zero-order chi connectivity index (χ0) is 14.4. The van der Waals surface area contributed by atoms with Crippen molar-refractivity contribution in [2.45, 2.75) is 33.6 Å². The number of hydrogen-bond donors (Lipinski definition) is 2. The zero-order valence-electron chi connectivity index (χ0n) is 12.1. The summed E-state index contributed by atoms with van der Waals surface area (Å²) in [7, 11) is 0. The largest absolute Gasteiger partial charge is 0.481 e. The summed E-state index contributed by atoms with van der Waals surface area (Å²) in [6.07, 6.45) is 6.07. The van der Waals surface area contributed by atoms with E-state index >= 15 is 0 Å². The van der Waals surface area contributed by atoms with Gasteiger partial charge in [0.05, 0.1) is 5.92 Å². The van der Waals surface area contributed by atoms with Crippen LogP contribution in [0.2, 0.25) is 0 Å². The maximum absolute atomic E-state index is 11.8. The number of carboxylic acids is 1. The summed E-state index contributed by atoms with van der Waals surface area (Å²) in [4.78, 5) is 11.8. The molecule has 0 amide bonds. The third-order valence-corrected chi connectivity index (χ3v) is 5.04. The fourth-order valence-corrected chi connectivity index (χ4v) is 4.44. The Balaban J connectivity index is 2.37. The highest BCUT2D eigenvalue weighted by Crippen LogP contribution is 2.63. The van der Waals surface area contributed by atoms with Gasteiger partial charge in [-0.25, -0.2) is 0 Å². The van der Waals surface area contributed by atoms with Crippen LogP contribution in [0.3, 0.4) is 0 Å². The van der Waals surface area contributed by atoms with Gasteiger partial charge in [-0.3, -0.25) is 4.79 Å². The van der Waals surface area contributed by atoms with Crippen molar-refractivity contribution in [1.82, 2.24) is 0 Å². The quantitative estimate of drug-likeness (QED) is 0.819. The first-order chi connectivity index (χ1) is 8.76. The Morgan fingerprint density at radius 3 is 2.74 bits per heavy atom. The molecule has 0 spiro atoms. The van der Waals surface area contributed by atoms with Crippen LogP contribution in [0, 0.1) is 28.6 Å². The molecular weight excluding hydrogens is 238 g/mol. The Labute approximate surface area is 115 Å². The summed E-state index contributed by atoms with van der Waals surface area (Å²) in [5, 5.41) is 9.69. The number of hydrogen-bond acceptors (Lipinski definition) is 2. The minimum absolute atomic E-state index is 0.277. The van der Waals surface area contributed by atoms with E-state index in [-0.39, 0.29) is 10.8 Å². The van der Waals surface area contributed by atoms with E-state index in [9.17, 15) is 9.90 Å². The van der Waals surface area contributed by atoms with Gasteiger partial charge in [0.1, 0.15) is 0 Å². The molecule has 3 heteroatoms. The van der Waals surface area contributed by atoms with Gasteiger partial charge < -0.3 is 10.8 Å². The average Bonchev–Trinajstić information content (AvgIpc) is 2.61. The predicted molar refractivity (Wildman–Crippen MR) is 76.6 cm³/mol. The molecule has 2 aliphatic rings. The Kier molecular flexibility index (Phi) is 3.38. The van der Waals surface area contributed by atoms with Crippen molar-refractivity contribution in [3.05, 3.63) is 24.3 Å². The van der Waals surface area contributed by atoms with E-state index in [1.807, 2.05) is 26.8 Å². The number of allylic oxidation sites excluding steroid dienone is 3. The van der Waals surface area contributed by atoms with Crippen molar-refractivity contribution in [3.8, 4) is 0 Å². The zero-order valence-corrected chi connectivity index (χ0v) is 12.1. The van der Waals surface area contributed by atoms with Crippen LogP contribution >= 0.6 is 0 Å². The van der Waals surface area contributed by atoms with E-state index < -0.39 is 11.9 Å². The molecule has 0 aromatic carbocycles. The Hall–Kier alpha value is -1.09. The molecule has 0 radical (unpaired) electrons. The maximum Gasteiger partial charge on any atom is 0.307 e. The van der Waals surface area contributed by atoms with Gasteiger partial charge in [0, 0.05) is 5.41 Å². The van der Waals surface area contributed by atoms with Crippen molar-refractivity contribution in [3.63, 3.8) is 0 Å². The van der Waals surface area contributed by atoms with Gasteiger partial charge in [0.15, 0.2) is 0 Å². The summed E-state index contributed by atoms with van der Waals surface area (Å²) in [6, 6.07) is 0. The van der Waals surface area contributed by atoms with E-state index in [1.54, 1.807) is 0 Å². The summed E-state index contributed by atoms with van der Waals surface area (Å²) in [6.45, 7) is 10.3. The van der Waals surface area contributed by atoms with Crippen LogP contribution in [0.25, 0.3) is 0 Å². The molecule has 106 valence electrons. The lowest BCUT2D eigenvalue weighted by molar-refractivity contribution is -0.166. The van der Waals surface area contributed by atoms with Gasteiger partial charge in [-0.1, -0.05) is 45.1 Å². The molecule has 0 heterocycles. The van der Waals surface area contributed by atoms with Crippen molar-refractivity contribution in [1.29, 1.82) is 0 Å². The molecule has 0 bridgehead atoms. The maximum atomic E-state index is 11.8. The number of fused-ring (bicyclic) bond motifs is 1. The van der Waals surface area contributed by atoms with Crippen LogP contribution in [0.15, 0.2) is 24.3 Å². The number of nitrogens with two attached hydrogens (primary N) is 1. The van der Waals surface area contributed by atoms with E-state index in [0.717, 1.165) is 12.8 Å². The molecule has 1 saturated carbocycles. The Morgan fingerprint density at radius 2 is 2.32 bits per heavy atom. The topological polar surface area (TPSA) is 63.3 Å². The fraction of sp³-hybridized carbons (Fsp3) is 0.688. The van der Waals surface area contributed by atoms with Crippen LogP contribution in [-0.4, -0.2) is 17.6 Å². The predicted octanol–water partition coefficient (Wildman–Crippen LogP) is 2.83. The molecule has 3 N–H and O–H groups in total. The third kappa shape index (κ3) is 2.04. The molecule has 4 atom stereocenters. The monoisotopic (exact) mass is 263 g/mol. The van der Waals surface area contributed by atoms with Crippen molar-refractivity contribution in [2.24, 2.45) is 34.3 Å².